The van der Waals surface area contributed by atoms with E-state index in [9.17, 15) is 8.42 Å². The average Bonchev–Trinajstić information content (AvgIpc) is 2.01. The average molecular weight is 220 g/mol. The molecule has 3 heteroatoms. The summed E-state index contributed by atoms with van der Waals surface area (Å²) in [7, 11) is -2.78. The smallest absolute Gasteiger partial charge is 0.147 e. The van der Waals surface area contributed by atoms with Crippen LogP contribution in [0.2, 0.25) is 0 Å². The molecule has 0 bridgehead atoms. The van der Waals surface area contributed by atoms with E-state index in [1.807, 2.05) is 0 Å². The first-order valence-electron chi connectivity index (χ1n) is 5.54. The molecule has 0 aliphatic rings. The molecule has 0 saturated carbocycles. The minimum absolute atomic E-state index is 0.347. The Morgan fingerprint density at radius 1 is 1.14 bits per heavy atom. The molecule has 0 N–H and O–H groups in total. The first-order chi connectivity index (χ1) is 6.37. The Labute approximate surface area is 89.0 Å². The first kappa shape index (κ1) is 13.9. The van der Waals surface area contributed by atoms with E-state index in [2.05, 4.69) is 20.8 Å². The van der Waals surface area contributed by atoms with E-state index in [-0.39, 0.29) is 0 Å². The van der Waals surface area contributed by atoms with Crippen LogP contribution < -0.4 is 0 Å². The Morgan fingerprint density at radius 3 is 2.07 bits per heavy atom. The van der Waals surface area contributed by atoms with Crippen molar-refractivity contribution in [1.82, 2.24) is 0 Å². The molecule has 0 amide bonds. The summed E-state index contributed by atoms with van der Waals surface area (Å²) in [5.41, 5.74) is 0. The van der Waals surface area contributed by atoms with E-state index in [1.54, 1.807) is 0 Å². The molecule has 0 aromatic carbocycles. The van der Waals surface area contributed by atoms with Crippen molar-refractivity contribution in [3.05, 3.63) is 0 Å². The van der Waals surface area contributed by atoms with Crippen LogP contribution in [0.25, 0.3) is 0 Å². The highest BCUT2D eigenvalue weighted by Crippen LogP contribution is 2.22. The summed E-state index contributed by atoms with van der Waals surface area (Å²) in [6, 6.07) is 0. The van der Waals surface area contributed by atoms with Gasteiger partial charge >= 0.3 is 0 Å². The Morgan fingerprint density at radius 2 is 1.71 bits per heavy atom. The molecule has 86 valence electrons. The van der Waals surface area contributed by atoms with Crippen molar-refractivity contribution < 1.29 is 8.42 Å². The minimum atomic E-state index is -2.78. The monoisotopic (exact) mass is 220 g/mol. The van der Waals surface area contributed by atoms with E-state index >= 15 is 0 Å². The molecule has 0 heterocycles. The van der Waals surface area contributed by atoms with Gasteiger partial charge in [-0.3, -0.25) is 0 Å². The largest absolute Gasteiger partial charge is 0.229 e. The molecular weight excluding hydrogens is 196 g/mol. The van der Waals surface area contributed by atoms with Crippen molar-refractivity contribution in [3.8, 4) is 0 Å². The molecule has 1 unspecified atom stereocenters. The van der Waals surface area contributed by atoms with E-state index < -0.39 is 9.84 Å². The van der Waals surface area contributed by atoms with Crippen molar-refractivity contribution in [2.75, 3.05) is 12.0 Å². The maximum atomic E-state index is 11.0. The molecule has 0 aromatic rings. The van der Waals surface area contributed by atoms with Gasteiger partial charge in [-0.2, -0.15) is 0 Å². The fourth-order valence-electron chi connectivity index (χ4n) is 1.64. The van der Waals surface area contributed by atoms with Crippen molar-refractivity contribution in [1.29, 1.82) is 0 Å². The van der Waals surface area contributed by atoms with Crippen LogP contribution in [0, 0.1) is 11.8 Å². The van der Waals surface area contributed by atoms with Crippen LogP contribution in [0.1, 0.15) is 46.5 Å². The van der Waals surface area contributed by atoms with Gasteiger partial charge in [-0.15, -0.1) is 0 Å². The summed E-state index contributed by atoms with van der Waals surface area (Å²) in [5, 5.41) is 0. The summed E-state index contributed by atoms with van der Waals surface area (Å²) in [6.45, 7) is 6.54. The lowest BCUT2D eigenvalue weighted by Crippen LogP contribution is -2.14. The fraction of sp³-hybridized carbons (Fsp3) is 1.00. The van der Waals surface area contributed by atoms with Gasteiger partial charge in [0.05, 0.1) is 5.75 Å². The van der Waals surface area contributed by atoms with Gasteiger partial charge in [0.2, 0.25) is 0 Å². The minimum Gasteiger partial charge on any atom is -0.229 e. The zero-order chi connectivity index (χ0) is 11.2. The van der Waals surface area contributed by atoms with Crippen LogP contribution >= 0.6 is 0 Å². The molecule has 0 spiro atoms. The lowest BCUT2D eigenvalue weighted by atomic mass is 9.88. The number of sulfone groups is 1. The summed E-state index contributed by atoms with van der Waals surface area (Å²) >= 11 is 0. The van der Waals surface area contributed by atoms with Gasteiger partial charge in [-0.25, -0.2) is 8.42 Å². The lowest BCUT2D eigenvalue weighted by Gasteiger charge is -2.19. The van der Waals surface area contributed by atoms with Gasteiger partial charge in [-0.1, -0.05) is 40.0 Å². The zero-order valence-corrected chi connectivity index (χ0v) is 10.7. The second-order valence-electron chi connectivity index (χ2n) is 4.56. The zero-order valence-electron chi connectivity index (χ0n) is 9.91. The van der Waals surface area contributed by atoms with Crippen LogP contribution in [-0.4, -0.2) is 20.4 Å². The van der Waals surface area contributed by atoms with E-state index in [0.29, 0.717) is 17.6 Å². The fourth-order valence-corrected chi connectivity index (χ4v) is 2.37. The lowest BCUT2D eigenvalue weighted by molar-refractivity contribution is 0.340. The molecule has 2 nitrogen and oxygen atoms in total. The molecule has 0 aliphatic carbocycles. The molecule has 0 aromatic heterocycles. The van der Waals surface area contributed by atoms with Crippen LogP contribution in [-0.2, 0) is 9.84 Å². The topological polar surface area (TPSA) is 34.1 Å². The predicted molar refractivity (Wildman–Crippen MR) is 62.2 cm³/mol. The van der Waals surface area contributed by atoms with Gasteiger partial charge in [-0.05, 0) is 18.3 Å². The summed E-state index contributed by atoms with van der Waals surface area (Å²) in [4.78, 5) is 0. The number of rotatable bonds is 7. The second kappa shape index (κ2) is 6.44. The maximum absolute atomic E-state index is 11.0. The third kappa shape index (κ3) is 7.36. The van der Waals surface area contributed by atoms with Crippen molar-refractivity contribution in [2.24, 2.45) is 11.8 Å². The van der Waals surface area contributed by atoms with Gasteiger partial charge in [0.1, 0.15) is 9.84 Å². The molecule has 0 rings (SSSR count). The SMILES string of the molecule is CCCCC(CCS(C)(=O)=O)C(C)C. The molecule has 0 aliphatic heterocycles. The Kier molecular flexibility index (Phi) is 6.41. The first-order valence-corrected chi connectivity index (χ1v) is 7.60. The van der Waals surface area contributed by atoms with Gasteiger partial charge in [0, 0.05) is 6.26 Å². The molecule has 0 radical (unpaired) electrons. The van der Waals surface area contributed by atoms with E-state index in [4.69, 9.17) is 0 Å². The molecule has 0 saturated heterocycles. The highest BCUT2D eigenvalue weighted by molar-refractivity contribution is 7.90. The number of unbranched alkanes of at least 4 members (excludes halogenated alkanes) is 1. The highest BCUT2D eigenvalue weighted by Gasteiger charge is 2.15. The van der Waals surface area contributed by atoms with Crippen LogP contribution in [0.15, 0.2) is 0 Å². The maximum Gasteiger partial charge on any atom is 0.147 e. The quantitative estimate of drug-likeness (QED) is 0.661. The normalized spacial score (nSPS) is 14.6. The van der Waals surface area contributed by atoms with Gasteiger partial charge in [0.25, 0.3) is 0 Å². The summed E-state index contributed by atoms with van der Waals surface area (Å²) < 4.78 is 22.1. The second-order valence-corrected chi connectivity index (χ2v) is 6.82. The van der Waals surface area contributed by atoms with Crippen LogP contribution in [0.5, 0.6) is 0 Å². The van der Waals surface area contributed by atoms with Crippen molar-refractivity contribution in [3.63, 3.8) is 0 Å². The highest BCUT2D eigenvalue weighted by atomic mass is 32.2. The molecule has 1 atom stereocenters. The number of hydrogen-bond acceptors (Lipinski definition) is 2. The standard InChI is InChI=1S/C11H24O2S/c1-5-6-7-11(10(2)3)8-9-14(4,12)13/h10-11H,5-9H2,1-4H3. The molecular formula is C11H24O2S. The van der Waals surface area contributed by atoms with Crippen molar-refractivity contribution in [2.45, 2.75) is 46.5 Å². The third-order valence-corrected chi connectivity index (χ3v) is 3.71. The molecule has 14 heavy (non-hydrogen) atoms. The van der Waals surface area contributed by atoms with E-state index in [1.165, 1.54) is 25.5 Å². The summed E-state index contributed by atoms with van der Waals surface area (Å²) in [5.74, 6) is 1.52. The Hall–Kier alpha value is -0.0500. The van der Waals surface area contributed by atoms with Crippen LogP contribution in [0.3, 0.4) is 0 Å². The Bertz CT molecular complexity index is 230. The van der Waals surface area contributed by atoms with Crippen LogP contribution in [0.4, 0.5) is 0 Å². The summed E-state index contributed by atoms with van der Waals surface area (Å²) in [6.07, 6.45) is 5.74. The van der Waals surface area contributed by atoms with Crippen molar-refractivity contribution >= 4 is 9.84 Å². The van der Waals surface area contributed by atoms with E-state index in [0.717, 1.165) is 6.42 Å². The third-order valence-electron chi connectivity index (χ3n) is 2.73. The Balaban J connectivity index is 3.97. The van der Waals surface area contributed by atoms with Gasteiger partial charge in [0.15, 0.2) is 0 Å². The van der Waals surface area contributed by atoms with Gasteiger partial charge < -0.3 is 0 Å². The number of hydrogen-bond donors (Lipinski definition) is 0. The molecule has 0 fully saturated rings. The predicted octanol–water partition coefficient (Wildman–Crippen LogP) is 2.88.